The van der Waals surface area contributed by atoms with E-state index in [0.717, 1.165) is 0 Å². The number of carbonyl (C=O) groups is 2. The van der Waals surface area contributed by atoms with Gasteiger partial charge >= 0.3 is 11.9 Å². The number of carbonyl (C=O) groups excluding carboxylic acids is 2. The van der Waals surface area contributed by atoms with Crippen molar-refractivity contribution in [3.8, 4) is 0 Å². The van der Waals surface area contributed by atoms with Gasteiger partial charge in [-0.05, 0) is 6.92 Å². The molecule has 3 unspecified atom stereocenters. The van der Waals surface area contributed by atoms with E-state index in [1.807, 2.05) is 13.8 Å². The zero-order chi connectivity index (χ0) is 13.9. The summed E-state index contributed by atoms with van der Waals surface area (Å²) in [7, 11) is 0. The van der Waals surface area contributed by atoms with E-state index in [-0.39, 0.29) is 11.9 Å². The molecular weight excluding hydrogens is 282 g/mol. The van der Waals surface area contributed by atoms with Gasteiger partial charge in [-0.1, -0.05) is 13.8 Å². The molecule has 0 aromatic heterocycles. The van der Waals surface area contributed by atoms with E-state index in [1.165, 1.54) is 30.4 Å². The van der Waals surface area contributed by atoms with Crippen LogP contribution < -0.4 is 0 Å². The molecule has 1 fully saturated rings. The Morgan fingerprint density at radius 2 is 1.94 bits per heavy atom. The molecule has 1 aliphatic heterocycles. The monoisotopic (exact) mass is 298 g/mol. The van der Waals surface area contributed by atoms with Crippen LogP contribution in [0.4, 0.5) is 8.78 Å². The van der Waals surface area contributed by atoms with Gasteiger partial charge in [0.1, 0.15) is 0 Å². The Balaban J connectivity index is 2.71. The summed E-state index contributed by atoms with van der Waals surface area (Å²) in [6, 6.07) is 0. The van der Waals surface area contributed by atoms with Crippen LogP contribution >= 0.6 is 23.5 Å². The van der Waals surface area contributed by atoms with Crippen molar-refractivity contribution < 1.29 is 23.1 Å². The molecule has 1 heterocycles. The van der Waals surface area contributed by atoms with Crippen LogP contribution in [-0.4, -0.2) is 45.8 Å². The summed E-state index contributed by atoms with van der Waals surface area (Å²) in [6.07, 6.45) is 0. The van der Waals surface area contributed by atoms with Gasteiger partial charge in [0.25, 0.3) is 0 Å². The van der Waals surface area contributed by atoms with Gasteiger partial charge < -0.3 is 4.74 Å². The maximum absolute atomic E-state index is 13.6. The van der Waals surface area contributed by atoms with Crippen molar-refractivity contribution in [3.63, 3.8) is 0 Å². The standard InChI is InChI=1S/C11H16F2O3S2/c1-4-16-10(15)11(12,13)9(14)8-5-17-6(2)7(3)18-8/h6-8H,4-5H2,1-3H3. The number of rotatable bonds is 4. The van der Waals surface area contributed by atoms with Gasteiger partial charge in [-0.15, -0.1) is 11.8 Å². The lowest BCUT2D eigenvalue weighted by Crippen LogP contribution is -2.47. The summed E-state index contributed by atoms with van der Waals surface area (Å²) in [5.74, 6) is -6.80. The lowest BCUT2D eigenvalue weighted by Gasteiger charge is -2.31. The minimum absolute atomic E-state index is 0.107. The van der Waals surface area contributed by atoms with Crippen molar-refractivity contribution in [3.05, 3.63) is 0 Å². The summed E-state index contributed by atoms with van der Waals surface area (Å²) in [4.78, 5) is 22.8. The molecule has 104 valence electrons. The Morgan fingerprint density at radius 1 is 1.33 bits per heavy atom. The average molecular weight is 298 g/mol. The first-order valence-corrected chi connectivity index (χ1v) is 7.66. The number of hydrogen-bond donors (Lipinski definition) is 0. The van der Waals surface area contributed by atoms with Gasteiger partial charge in [-0.3, -0.25) is 4.79 Å². The van der Waals surface area contributed by atoms with Gasteiger partial charge in [-0.2, -0.15) is 20.5 Å². The first kappa shape index (κ1) is 15.8. The van der Waals surface area contributed by atoms with Crippen LogP contribution in [0, 0.1) is 0 Å². The number of Topliss-reactive ketones (excluding diaryl/α,β-unsaturated/α-hetero) is 1. The van der Waals surface area contributed by atoms with E-state index >= 15 is 0 Å². The molecule has 1 saturated heterocycles. The molecule has 3 atom stereocenters. The number of ether oxygens (including phenoxy) is 1. The van der Waals surface area contributed by atoms with Crippen molar-refractivity contribution in [2.75, 3.05) is 12.4 Å². The van der Waals surface area contributed by atoms with Crippen LogP contribution in [0.15, 0.2) is 0 Å². The molecule has 0 aromatic carbocycles. The van der Waals surface area contributed by atoms with Crippen molar-refractivity contribution in [2.45, 2.75) is 42.4 Å². The molecule has 0 radical (unpaired) electrons. The average Bonchev–Trinajstić information content (AvgIpc) is 2.32. The third-order valence-electron chi connectivity index (χ3n) is 2.68. The maximum Gasteiger partial charge on any atom is 0.400 e. The molecule has 0 saturated carbocycles. The molecule has 0 amide bonds. The van der Waals surface area contributed by atoms with E-state index in [2.05, 4.69) is 4.74 Å². The largest absolute Gasteiger partial charge is 0.461 e. The Labute approximate surface area is 113 Å². The second kappa shape index (κ2) is 6.23. The highest BCUT2D eigenvalue weighted by atomic mass is 32.2. The molecule has 0 aromatic rings. The van der Waals surface area contributed by atoms with Crippen molar-refractivity contribution in [2.24, 2.45) is 0 Å². The van der Waals surface area contributed by atoms with Gasteiger partial charge in [0, 0.05) is 16.3 Å². The topological polar surface area (TPSA) is 43.4 Å². The van der Waals surface area contributed by atoms with Crippen LogP contribution in [0.3, 0.4) is 0 Å². The van der Waals surface area contributed by atoms with Crippen LogP contribution in [0.1, 0.15) is 20.8 Å². The zero-order valence-corrected chi connectivity index (χ0v) is 12.1. The second-order valence-corrected chi connectivity index (χ2v) is 7.02. The number of ketones is 1. The van der Waals surface area contributed by atoms with Crippen LogP contribution in [-0.2, 0) is 14.3 Å². The van der Waals surface area contributed by atoms with Crippen molar-refractivity contribution in [1.29, 1.82) is 0 Å². The Hall–Kier alpha value is -0.300. The third-order valence-corrected chi connectivity index (χ3v) is 6.07. The molecule has 7 heteroatoms. The lowest BCUT2D eigenvalue weighted by atomic mass is 10.1. The Morgan fingerprint density at radius 3 is 2.44 bits per heavy atom. The summed E-state index contributed by atoms with van der Waals surface area (Å²) >= 11 is 2.68. The SMILES string of the molecule is CCOC(=O)C(F)(F)C(=O)C1CSC(C)C(C)S1. The zero-order valence-electron chi connectivity index (χ0n) is 10.4. The lowest BCUT2D eigenvalue weighted by molar-refractivity contribution is -0.176. The molecule has 1 aliphatic rings. The highest BCUT2D eigenvalue weighted by Gasteiger charge is 2.52. The number of thioether (sulfide) groups is 2. The van der Waals surface area contributed by atoms with Gasteiger partial charge in [0.05, 0.1) is 11.9 Å². The maximum atomic E-state index is 13.6. The van der Waals surface area contributed by atoms with E-state index in [0.29, 0.717) is 11.0 Å². The molecular formula is C11H16F2O3S2. The van der Waals surface area contributed by atoms with Gasteiger partial charge in [0.2, 0.25) is 5.78 Å². The summed E-state index contributed by atoms with van der Waals surface area (Å²) < 4.78 is 31.4. The quantitative estimate of drug-likeness (QED) is 0.589. The molecule has 0 bridgehead atoms. The fraction of sp³-hybridized carbons (Fsp3) is 0.818. The normalized spacial score (nSPS) is 28.8. The number of esters is 1. The summed E-state index contributed by atoms with van der Waals surface area (Å²) in [6.45, 7) is 5.14. The highest BCUT2D eigenvalue weighted by molar-refractivity contribution is 8.08. The second-order valence-electron chi connectivity index (χ2n) is 4.03. The minimum atomic E-state index is -4.03. The Kier molecular flexibility index (Phi) is 5.46. The fourth-order valence-corrected chi connectivity index (χ4v) is 4.34. The first-order valence-electron chi connectivity index (χ1n) is 5.67. The summed E-state index contributed by atoms with van der Waals surface area (Å²) in [5.41, 5.74) is 0. The van der Waals surface area contributed by atoms with E-state index < -0.39 is 22.9 Å². The predicted molar refractivity (Wildman–Crippen MR) is 69.3 cm³/mol. The van der Waals surface area contributed by atoms with Crippen LogP contribution in [0.2, 0.25) is 0 Å². The predicted octanol–water partition coefficient (Wildman–Crippen LogP) is 2.38. The molecule has 1 rings (SSSR count). The van der Waals surface area contributed by atoms with Crippen molar-refractivity contribution in [1.82, 2.24) is 0 Å². The molecule has 18 heavy (non-hydrogen) atoms. The Bertz CT molecular complexity index is 336. The third kappa shape index (κ3) is 3.38. The van der Waals surface area contributed by atoms with Gasteiger partial charge in [0.15, 0.2) is 0 Å². The van der Waals surface area contributed by atoms with E-state index in [9.17, 15) is 18.4 Å². The van der Waals surface area contributed by atoms with E-state index in [1.54, 1.807) is 0 Å². The van der Waals surface area contributed by atoms with E-state index in [4.69, 9.17) is 0 Å². The molecule has 0 spiro atoms. The van der Waals surface area contributed by atoms with Crippen molar-refractivity contribution >= 4 is 35.3 Å². The molecule has 0 aliphatic carbocycles. The van der Waals surface area contributed by atoms with Crippen LogP contribution in [0.5, 0.6) is 0 Å². The molecule has 0 N–H and O–H groups in total. The number of halogens is 2. The fourth-order valence-electron chi connectivity index (χ4n) is 1.45. The minimum Gasteiger partial charge on any atom is -0.461 e. The number of hydrogen-bond acceptors (Lipinski definition) is 5. The van der Waals surface area contributed by atoms with Crippen LogP contribution in [0.25, 0.3) is 0 Å². The summed E-state index contributed by atoms with van der Waals surface area (Å²) in [5, 5.41) is -0.424. The smallest absolute Gasteiger partial charge is 0.400 e. The highest BCUT2D eigenvalue weighted by Crippen LogP contribution is 2.38. The number of alkyl halides is 2. The first-order chi connectivity index (χ1) is 8.30. The van der Waals surface area contributed by atoms with Gasteiger partial charge in [-0.25, -0.2) is 4.79 Å². The molecule has 3 nitrogen and oxygen atoms in total.